The lowest BCUT2D eigenvalue weighted by molar-refractivity contribution is 0.392. The molecule has 0 aromatic carbocycles. The quantitative estimate of drug-likeness (QED) is 0.729. The number of thioether (sulfide) groups is 1. The second-order valence-corrected chi connectivity index (χ2v) is 4.12. The van der Waals surface area contributed by atoms with E-state index in [1.807, 2.05) is 20.9 Å². The first-order chi connectivity index (χ1) is 7.18. The molecule has 2 heterocycles. The van der Waals surface area contributed by atoms with Crippen LogP contribution in [-0.4, -0.2) is 25.4 Å². The lowest BCUT2D eigenvalue weighted by Crippen LogP contribution is -1.94. The molecule has 0 amide bonds. The molecule has 2 aromatic rings. The Balaban J connectivity index is 2.08. The number of nitrogens with zero attached hydrogens (tertiary/aromatic N) is 5. The lowest BCUT2D eigenvalue weighted by atomic mass is 10.2. The van der Waals surface area contributed by atoms with Crippen LogP contribution in [0.4, 0.5) is 0 Å². The number of hydrogen-bond donors (Lipinski definition) is 0. The second kappa shape index (κ2) is 4.01. The third-order valence-electron chi connectivity index (χ3n) is 2.11. The summed E-state index contributed by atoms with van der Waals surface area (Å²) in [5, 5.41) is 15.9. The fraction of sp³-hybridized carbons (Fsp3) is 0.500. The molecule has 7 heteroatoms. The summed E-state index contributed by atoms with van der Waals surface area (Å²) in [5.41, 5.74) is 2.04. The maximum atomic E-state index is 5.07. The van der Waals surface area contributed by atoms with Crippen molar-refractivity contribution >= 4 is 11.8 Å². The summed E-state index contributed by atoms with van der Waals surface area (Å²) in [6.07, 6.45) is 0. The first kappa shape index (κ1) is 10.2. The van der Waals surface area contributed by atoms with Gasteiger partial charge in [-0.15, -0.1) is 5.10 Å². The van der Waals surface area contributed by atoms with Crippen LogP contribution in [0.2, 0.25) is 0 Å². The third-order valence-corrected chi connectivity index (χ3v) is 3.15. The first-order valence-corrected chi connectivity index (χ1v) is 5.44. The van der Waals surface area contributed by atoms with Crippen LogP contribution >= 0.6 is 11.8 Å². The Bertz CT molecular complexity index is 444. The molecule has 6 nitrogen and oxygen atoms in total. The standard InChI is InChI=1S/C8H11N5OS/c1-5-7(6(2)14-10-5)4-15-8-9-11-12-13(8)3/h4H2,1-3H3. The van der Waals surface area contributed by atoms with Crippen LogP contribution in [-0.2, 0) is 12.8 Å². The van der Waals surface area contributed by atoms with E-state index in [9.17, 15) is 0 Å². The van der Waals surface area contributed by atoms with Crippen LogP contribution in [0, 0.1) is 13.8 Å². The van der Waals surface area contributed by atoms with Gasteiger partial charge in [-0.3, -0.25) is 0 Å². The van der Waals surface area contributed by atoms with Crippen LogP contribution in [0.15, 0.2) is 9.68 Å². The molecule has 2 aromatic heterocycles. The van der Waals surface area contributed by atoms with E-state index in [4.69, 9.17) is 4.52 Å². The highest BCUT2D eigenvalue weighted by Gasteiger charge is 2.11. The molecule has 0 aliphatic heterocycles. The Morgan fingerprint density at radius 2 is 2.20 bits per heavy atom. The van der Waals surface area contributed by atoms with Gasteiger partial charge in [-0.1, -0.05) is 16.9 Å². The van der Waals surface area contributed by atoms with Gasteiger partial charge in [0, 0.05) is 18.4 Å². The molecular formula is C8H11N5OS. The summed E-state index contributed by atoms with van der Waals surface area (Å²) < 4.78 is 6.72. The monoisotopic (exact) mass is 225 g/mol. The van der Waals surface area contributed by atoms with Crippen LogP contribution in [0.5, 0.6) is 0 Å². The van der Waals surface area contributed by atoms with Crippen LogP contribution in [0.3, 0.4) is 0 Å². The van der Waals surface area contributed by atoms with Crippen LogP contribution in [0.1, 0.15) is 17.0 Å². The Morgan fingerprint density at radius 1 is 1.40 bits per heavy atom. The normalized spacial score (nSPS) is 10.9. The van der Waals surface area contributed by atoms with Crippen molar-refractivity contribution in [1.82, 2.24) is 25.4 Å². The van der Waals surface area contributed by atoms with Gasteiger partial charge in [0.2, 0.25) is 5.16 Å². The highest BCUT2D eigenvalue weighted by molar-refractivity contribution is 7.98. The van der Waals surface area contributed by atoms with E-state index in [0.29, 0.717) is 0 Å². The summed E-state index contributed by atoms with van der Waals surface area (Å²) in [7, 11) is 1.82. The van der Waals surface area contributed by atoms with Gasteiger partial charge in [0.25, 0.3) is 0 Å². The van der Waals surface area contributed by atoms with Crippen molar-refractivity contribution in [3.63, 3.8) is 0 Å². The fourth-order valence-electron chi connectivity index (χ4n) is 1.19. The van der Waals surface area contributed by atoms with E-state index < -0.39 is 0 Å². The van der Waals surface area contributed by atoms with Gasteiger partial charge in [-0.2, -0.15) is 0 Å². The lowest BCUT2D eigenvalue weighted by Gasteiger charge is -1.98. The maximum Gasteiger partial charge on any atom is 0.209 e. The Labute approximate surface area is 91.0 Å². The first-order valence-electron chi connectivity index (χ1n) is 4.45. The molecule has 0 N–H and O–H groups in total. The highest BCUT2D eigenvalue weighted by atomic mass is 32.2. The molecule has 0 aliphatic rings. The highest BCUT2D eigenvalue weighted by Crippen LogP contribution is 2.23. The molecule has 2 rings (SSSR count). The van der Waals surface area contributed by atoms with Gasteiger partial charge in [0.15, 0.2) is 0 Å². The molecule has 0 saturated carbocycles. The van der Waals surface area contributed by atoms with Gasteiger partial charge in [0.05, 0.1) is 5.69 Å². The summed E-state index contributed by atoms with van der Waals surface area (Å²) >= 11 is 1.57. The second-order valence-electron chi connectivity index (χ2n) is 3.18. The van der Waals surface area contributed by atoms with E-state index in [1.165, 1.54) is 0 Å². The van der Waals surface area contributed by atoms with Crippen molar-refractivity contribution < 1.29 is 4.52 Å². The summed E-state index contributed by atoms with van der Waals surface area (Å²) in [6, 6.07) is 0. The van der Waals surface area contributed by atoms with Gasteiger partial charge >= 0.3 is 0 Å². The molecule has 0 spiro atoms. The predicted molar refractivity (Wildman–Crippen MR) is 54.3 cm³/mol. The SMILES string of the molecule is Cc1noc(C)c1CSc1nnnn1C. The molecule has 80 valence electrons. The zero-order valence-electron chi connectivity index (χ0n) is 8.76. The van der Waals surface area contributed by atoms with Gasteiger partial charge in [0.1, 0.15) is 5.76 Å². The topological polar surface area (TPSA) is 69.6 Å². The van der Waals surface area contributed by atoms with E-state index in [1.54, 1.807) is 16.4 Å². The summed E-state index contributed by atoms with van der Waals surface area (Å²) in [6.45, 7) is 3.84. The van der Waals surface area contributed by atoms with Crippen molar-refractivity contribution in [3.8, 4) is 0 Å². The summed E-state index contributed by atoms with van der Waals surface area (Å²) in [5.74, 6) is 1.63. The van der Waals surface area contributed by atoms with Crippen molar-refractivity contribution in [3.05, 3.63) is 17.0 Å². The van der Waals surface area contributed by atoms with Gasteiger partial charge < -0.3 is 4.52 Å². The van der Waals surface area contributed by atoms with E-state index in [0.717, 1.165) is 27.9 Å². The molecule has 0 radical (unpaired) electrons. The molecule has 0 aliphatic carbocycles. The molecule has 0 bridgehead atoms. The van der Waals surface area contributed by atoms with Gasteiger partial charge in [-0.05, 0) is 24.3 Å². The number of aromatic nitrogens is 5. The van der Waals surface area contributed by atoms with Gasteiger partial charge in [-0.25, -0.2) is 4.68 Å². The Morgan fingerprint density at radius 3 is 2.73 bits per heavy atom. The molecule has 0 fully saturated rings. The molecule has 0 saturated heterocycles. The van der Waals surface area contributed by atoms with Crippen molar-refractivity contribution in [2.45, 2.75) is 24.8 Å². The minimum Gasteiger partial charge on any atom is -0.361 e. The van der Waals surface area contributed by atoms with E-state index in [2.05, 4.69) is 20.7 Å². The average Bonchev–Trinajstić information content (AvgIpc) is 2.73. The molecule has 15 heavy (non-hydrogen) atoms. The zero-order chi connectivity index (χ0) is 10.8. The largest absolute Gasteiger partial charge is 0.361 e. The average molecular weight is 225 g/mol. The van der Waals surface area contributed by atoms with Crippen LogP contribution in [0.25, 0.3) is 0 Å². The number of tetrazole rings is 1. The van der Waals surface area contributed by atoms with E-state index >= 15 is 0 Å². The smallest absolute Gasteiger partial charge is 0.209 e. The predicted octanol–water partition coefficient (Wildman–Crippen LogP) is 1.11. The molecule has 0 unspecified atom stereocenters. The van der Waals surface area contributed by atoms with Crippen LogP contribution < -0.4 is 0 Å². The maximum absolute atomic E-state index is 5.07. The Hall–Kier alpha value is -1.37. The zero-order valence-corrected chi connectivity index (χ0v) is 9.58. The molecular weight excluding hydrogens is 214 g/mol. The van der Waals surface area contributed by atoms with Crippen molar-refractivity contribution in [1.29, 1.82) is 0 Å². The fourth-order valence-corrected chi connectivity index (χ4v) is 2.19. The molecule has 0 atom stereocenters. The Kier molecular flexibility index (Phi) is 2.72. The van der Waals surface area contributed by atoms with E-state index in [-0.39, 0.29) is 0 Å². The van der Waals surface area contributed by atoms with Crippen molar-refractivity contribution in [2.24, 2.45) is 7.05 Å². The number of rotatable bonds is 3. The minimum absolute atomic E-state index is 0.773. The third kappa shape index (κ3) is 2.01. The summed E-state index contributed by atoms with van der Waals surface area (Å²) in [4.78, 5) is 0. The number of hydrogen-bond acceptors (Lipinski definition) is 6. The minimum atomic E-state index is 0.773. The van der Waals surface area contributed by atoms with Crippen molar-refractivity contribution in [2.75, 3.05) is 0 Å². The number of aryl methyl sites for hydroxylation is 3.